The number of rotatable bonds is 0. The Kier molecular flexibility index (Phi) is 1.17. The van der Waals surface area contributed by atoms with E-state index >= 15 is 0 Å². The van der Waals surface area contributed by atoms with E-state index in [0.29, 0.717) is 9.12 Å². The van der Waals surface area contributed by atoms with Gasteiger partial charge >= 0.3 is 0 Å². The van der Waals surface area contributed by atoms with Gasteiger partial charge in [0.15, 0.2) is 0 Å². The third-order valence-corrected chi connectivity index (χ3v) is 3.45. The van der Waals surface area contributed by atoms with E-state index in [1.165, 1.54) is 9.83 Å². The fourth-order valence-corrected chi connectivity index (χ4v) is 2.76. The monoisotopic (exact) mass is 151 g/mol. The van der Waals surface area contributed by atoms with Gasteiger partial charge in [0.25, 0.3) is 0 Å². The number of hydrogen-bond donors (Lipinski definition) is 0. The van der Waals surface area contributed by atoms with Gasteiger partial charge in [0.1, 0.15) is 0 Å². The van der Waals surface area contributed by atoms with Gasteiger partial charge in [0.05, 0.1) is 19.8 Å². The summed E-state index contributed by atoms with van der Waals surface area (Å²) in [4.78, 5) is 4.23. The van der Waals surface area contributed by atoms with Crippen molar-refractivity contribution >= 4 is 30.3 Å². The van der Waals surface area contributed by atoms with Crippen LogP contribution in [-0.2, 0) is 0 Å². The molecule has 9 heavy (non-hydrogen) atoms. The van der Waals surface area contributed by atoms with Crippen molar-refractivity contribution in [2.45, 2.75) is 0 Å². The van der Waals surface area contributed by atoms with Gasteiger partial charge in [-0.2, -0.15) is 0 Å². The van der Waals surface area contributed by atoms with Crippen LogP contribution in [0.25, 0.3) is 9.83 Å². The Morgan fingerprint density at radius 3 is 3.44 bits per heavy atom. The highest BCUT2D eigenvalue weighted by atomic mass is 32.1. The quantitative estimate of drug-likeness (QED) is 0.518. The van der Waals surface area contributed by atoms with Crippen LogP contribution in [0.3, 0.4) is 0 Å². The topological polar surface area (TPSA) is 12.9 Å². The molecule has 0 saturated heterocycles. The molecule has 0 fully saturated rings. The smallest absolute Gasteiger partial charge is 0.0799 e. The van der Waals surface area contributed by atoms with Gasteiger partial charge in [0.2, 0.25) is 0 Å². The highest BCUT2D eigenvalue weighted by Crippen LogP contribution is 2.12. The predicted molar refractivity (Wildman–Crippen MR) is 42.4 cm³/mol. The summed E-state index contributed by atoms with van der Waals surface area (Å²) in [5, 5.41) is 1.31. The minimum atomic E-state index is 0.336. The van der Waals surface area contributed by atoms with Crippen molar-refractivity contribution in [2.24, 2.45) is 0 Å². The molecule has 3 heteroatoms. The molecule has 0 N–H and O–H groups in total. The molecule has 2 rings (SSSR count). The second-order valence-electron chi connectivity index (χ2n) is 1.82. The predicted octanol–water partition coefficient (Wildman–Crippen LogP) is 1.37. The van der Waals surface area contributed by atoms with Crippen LogP contribution in [0.2, 0.25) is 0 Å². The summed E-state index contributed by atoms with van der Waals surface area (Å²) >= 11 is 1.73. The largest absolute Gasteiger partial charge is 0.250 e. The van der Waals surface area contributed by atoms with Gasteiger partial charge in [-0.15, -0.1) is 11.3 Å². The van der Waals surface area contributed by atoms with Crippen molar-refractivity contribution < 1.29 is 0 Å². The van der Waals surface area contributed by atoms with E-state index in [2.05, 4.69) is 22.8 Å². The fourth-order valence-electron chi connectivity index (χ4n) is 0.803. The Morgan fingerprint density at radius 1 is 1.56 bits per heavy atom. The van der Waals surface area contributed by atoms with E-state index < -0.39 is 0 Å². The highest BCUT2D eigenvalue weighted by Gasteiger charge is 1.89. The van der Waals surface area contributed by atoms with Crippen molar-refractivity contribution in [3.05, 3.63) is 23.3 Å². The minimum Gasteiger partial charge on any atom is -0.250 e. The van der Waals surface area contributed by atoms with Gasteiger partial charge in [-0.3, -0.25) is 4.98 Å². The molecule has 0 radical (unpaired) electrons. The summed E-state index contributed by atoms with van der Waals surface area (Å²) in [5.74, 6) is 0. The number of aromatic nitrogens is 1. The zero-order chi connectivity index (χ0) is 6.10. The number of fused-ring (bicyclic) bond motifs is 1. The van der Waals surface area contributed by atoms with Gasteiger partial charge < -0.3 is 0 Å². The molecule has 44 valence electrons. The van der Waals surface area contributed by atoms with E-state index in [4.69, 9.17) is 0 Å². The average Bonchev–Trinajstić information content (AvgIpc) is 2.33. The molecular formula is C6H5NSSi. The first kappa shape index (κ1) is 5.26. The van der Waals surface area contributed by atoms with E-state index in [9.17, 15) is 0 Å². The van der Waals surface area contributed by atoms with Crippen molar-refractivity contribution in [1.29, 1.82) is 0 Å². The van der Waals surface area contributed by atoms with Gasteiger partial charge in [-0.25, -0.2) is 0 Å². The summed E-state index contributed by atoms with van der Waals surface area (Å²) in [6, 6.07) is 4.25. The highest BCUT2D eigenvalue weighted by molar-refractivity contribution is 7.17. The zero-order valence-corrected chi connectivity index (χ0v) is 6.71. The summed E-state index contributed by atoms with van der Waals surface area (Å²) in [7, 11) is 0.336. The van der Waals surface area contributed by atoms with Gasteiger partial charge in [0, 0.05) is 4.70 Å². The first-order valence-electron chi connectivity index (χ1n) is 2.75. The Labute approximate surface area is 59.1 Å². The lowest BCUT2D eigenvalue weighted by molar-refractivity contribution is 1.53. The molecule has 0 saturated carbocycles. The first-order chi connectivity index (χ1) is 4.47. The van der Waals surface area contributed by atoms with Crippen molar-refractivity contribution in [1.82, 2.24) is 4.98 Å². The van der Waals surface area contributed by atoms with Crippen LogP contribution in [0, 0.1) is 0 Å². The fraction of sp³-hybridized carbons (Fsp3) is 0. The second kappa shape index (κ2) is 2.00. The summed E-state index contributed by atoms with van der Waals surface area (Å²) in [6.07, 6.45) is 0. The second-order valence-corrected chi connectivity index (χ2v) is 3.97. The van der Waals surface area contributed by atoms with Gasteiger partial charge in [-0.05, 0) is 6.07 Å². The molecule has 0 aliphatic heterocycles. The molecule has 0 aliphatic rings. The molecule has 0 aliphatic carbocycles. The lowest BCUT2D eigenvalue weighted by atomic mass is 10.6. The molecule has 0 unspecified atom stereocenters. The molecule has 0 spiro atoms. The maximum atomic E-state index is 4.23. The molecule has 0 bridgehead atoms. The van der Waals surface area contributed by atoms with Crippen LogP contribution in [0.1, 0.15) is 0 Å². The van der Waals surface area contributed by atoms with Crippen LogP contribution in [-0.4, -0.2) is 14.1 Å². The number of thiazole rings is 1. The van der Waals surface area contributed by atoms with Crippen molar-refractivity contribution in [2.75, 3.05) is 0 Å². The number of nitrogens with zero attached hydrogens (tertiary/aromatic N) is 1. The Bertz CT molecular complexity index is 287. The maximum absolute atomic E-state index is 4.23. The molecule has 2 aromatic rings. The Morgan fingerprint density at radius 2 is 2.56 bits per heavy atom. The maximum Gasteiger partial charge on any atom is 0.0799 e. The molecule has 0 atom stereocenters. The van der Waals surface area contributed by atoms with Crippen molar-refractivity contribution in [3.63, 3.8) is 0 Å². The van der Waals surface area contributed by atoms with Crippen LogP contribution in [0.5, 0.6) is 0 Å². The molecule has 1 nitrogen and oxygen atoms in total. The van der Waals surface area contributed by atoms with E-state index in [1.54, 1.807) is 11.3 Å². The van der Waals surface area contributed by atoms with Crippen molar-refractivity contribution in [3.8, 4) is 0 Å². The van der Waals surface area contributed by atoms with Gasteiger partial charge in [-0.1, -0.05) is 11.7 Å². The summed E-state index contributed by atoms with van der Waals surface area (Å²) in [5.41, 5.74) is 4.13. The molecular weight excluding hydrogens is 146 g/mol. The summed E-state index contributed by atoms with van der Waals surface area (Å²) < 4.78 is 1.35. The van der Waals surface area contributed by atoms with Crippen LogP contribution in [0.4, 0.5) is 0 Å². The Balaban J connectivity index is 2.95. The lowest BCUT2D eigenvalue weighted by Gasteiger charge is -1.80. The third kappa shape index (κ3) is 0.820. The van der Waals surface area contributed by atoms with E-state index in [1.807, 2.05) is 5.51 Å². The molecule has 0 aromatic carbocycles. The normalized spacial score (nSPS) is 10.2. The SMILES string of the molecule is c1c[siH]c2ncsc2c1. The third-order valence-electron chi connectivity index (χ3n) is 1.24. The van der Waals surface area contributed by atoms with E-state index in [-0.39, 0.29) is 0 Å². The standard InChI is InChI=1S/C6H5NSSi/c1-2-5-6(9-3-1)7-4-8-5/h1-4,9H. The van der Waals surface area contributed by atoms with Crippen LogP contribution < -0.4 is 0 Å². The first-order valence-corrected chi connectivity index (χ1v) is 4.87. The molecule has 2 heterocycles. The lowest BCUT2D eigenvalue weighted by Crippen LogP contribution is -1.71. The van der Waals surface area contributed by atoms with Crippen LogP contribution in [0.15, 0.2) is 23.3 Å². The summed E-state index contributed by atoms with van der Waals surface area (Å²) in [6.45, 7) is 0. The average molecular weight is 151 g/mol. The molecule has 0 amide bonds. The van der Waals surface area contributed by atoms with Crippen LogP contribution >= 0.6 is 11.3 Å². The molecule has 2 aromatic heterocycles. The Hall–Kier alpha value is -0.543. The zero-order valence-electron chi connectivity index (χ0n) is 4.74. The van der Waals surface area contributed by atoms with E-state index in [0.717, 1.165) is 0 Å². The minimum absolute atomic E-state index is 0.336. The number of hydrogen-bond acceptors (Lipinski definition) is 2.